The smallest absolute Gasteiger partial charge is 0.229 e. The van der Waals surface area contributed by atoms with E-state index in [1.54, 1.807) is 30.5 Å². The van der Waals surface area contributed by atoms with Gasteiger partial charge in [0.1, 0.15) is 5.82 Å². The minimum atomic E-state index is -3.40. The maximum atomic E-state index is 14.8. The topological polar surface area (TPSA) is 79.3 Å². The van der Waals surface area contributed by atoms with E-state index in [0.717, 1.165) is 34.6 Å². The predicted octanol–water partition coefficient (Wildman–Crippen LogP) is 5.18. The molecule has 2 atom stereocenters. The van der Waals surface area contributed by atoms with Crippen LogP contribution in [-0.2, 0) is 10.0 Å². The van der Waals surface area contributed by atoms with Gasteiger partial charge in [-0.1, -0.05) is 18.2 Å². The number of anilines is 2. The Morgan fingerprint density at radius 1 is 1.03 bits per heavy atom. The second-order valence-corrected chi connectivity index (χ2v) is 11.2. The zero-order valence-electron chi connectivity index (χ0n) is 20.5. The summed E-state index contributed by atoms with van der Waals surface area (Å²) in [5, 5.41) is 3.94. The first kappa shape index (κ1) is 24.9. The molecule has 1 saturated heterocycles. The van der Waals surface area contributed by atoms with Crippen LogP contribution in [0.1, 0.15) is 34.7 Å². The first-order chi connectivity index (χ1) is 17.6. The van der Waals surface area contributed by atoms with E-state index in [9.17, 15) is 12.8 Å². The number of nitrogens with zero attached hydrogens (tertiary/aromatic N) is 3. The average Bonchev–Trinajstić information content (AvgIpc) is 3.35. The van der Waals surface area contributed by atoms with Gasteiger partial charge in [0.15, 0.2) is 5.11 Å². The van der Waals surface area contributed by atoms with Crippen molar-refractivity contribution in [2.45, 2.75) is 25.9 Å². The molecule has 0 radical (unpaired) electrons. The van der Waals surface area contributed by atoms with E-state index in [1.807, 2.05) is 59.7 Å². The molecular formula is C27H26FN5O2S2. The van der Waals surface area contributed by atoms with Crippen LogP contribution in [0.15, 0.2) is 79.0 Å². The summed E-state index contributed by atoms with van der Waals surface area (Å²) in [6.45, 7) is 3.93. The standard InChI is InChI=1S/C27H26FN5O2S2/c1-17-16-21(18(2)32(17)24-10-5-4-8-22(24)28)26-25(23-9-6-7-15-29-23)30-27(36)33(26)20-13-11-19(12-14-20)31-37(3,34)35/h4-16,25-26,31H,1-3H3,(H,30,36)/t25-,26+/m0/s1. The number of sulfonamides is 1. The molecule has 1 fully saturated rings. The number of aryl methyl sites for hydroxylation is 1. The molecule has 2 aromatic heterocycles. The van der Waals surface area contributed by atoms with E-state index in [0.29, 0.717) is 16.5 Å². The number of benzene rings is 2. The van der Waals surface area contributed by atoms with Crippen LogP contribution in [0.25, 0.3) is 5.69 Å². The number of thiocarbonyl (C=S) groups is 1. The van der Waals surface area contributed by atoms with Crippen molar-refractivity contribution in [1.29, 1.82) is 0 Å². The minimum absolute atomic E-state index is 0.267. The second-order valence-electron chi connectivity index (χ2n) is 9.03. The molecule has 4 aromatic rings. The van der Waals surface area contributed by atoms with Gasteiger partial charge in [-0.05, 0) is 86.2 Å². The quantitative estimate of drug-likeness (QED) is 0.332. The lowest BCUT2D eigenvalue weighted by atomic mass is 9.96. The number of para-hydroxylation sites is 1. The summed E-state index contributed by atoms with van der Waals surface area (Å²) in [6, 6.07) is 21.0. The molecule has 2 aromatic carbocycles. The summed E-state index contributed by atoms with van der Waals surface area (Å²) in [5.74, 6) is -0.303. The maximum absolute atomic E-state index is 14.8. The van der Waals surface area contributed by atoms with Crippen molar-refractivity contribution in [3.8, 4) is 5.69 Å². The number of pyridine rings is 1. The van der Waals surface area contributed by atoms with Crippen LogP contribution in [0.2, 0.25) is 0 Å². The Morgan fingerprint density at radius 2 is 1.73 bits per heavy atom. The highest BCUT2D eigenvalue weighted by Crippen LogP contribution is 2.44. The number of nitrogens with one attached hydrogen (secondary N) is 2. The van der Waals surface area contributed by atoms with Crippen LogP contribution in [0.4, 0.5) is 15.8 Å². The van der Waals surface area contributed by atoms with Crippen molar-refractivity contribution in [3.63, 3.8) is 0 Å². The molecule has 0 aliphatic carbocycles. The third-order valence-electron chi connectivity index (χ3n) is 6.43. The maximum Gasteiger partial charge on any atom is 0.229 e. The number of rotatable bonds is 6. The van der Waals surface area contributed by atoms with Crippen molar-refractivity contribution in [3.05, 3.63) is 107 Å². The fourth-order valence-corrected chi connectivity index (χ4v) is 5.85. The molecule has 5 rings (SSSR count). The molecule has 3 heterocycles. The molecule has 2 N–H and O–H groups in total. The van der Waals surface area contributed by atoms with Gasteiger partial charge in [0, 0.05) is 29.0 Å². The van der Waals surface area contributed by atoms with Gasteiger partial charge >= 0.3 is 0 Å². The fraction of sp³-hybridized carbons (Fsp3) is 0.185. The predicted molar refractivity (Wildman–Crippen MR) is 148 cm³/mol. The molecule has 0 unspecified atom stereocenters. The highest BCUT2D eigenvalue weighted by atomic mass is 32.2. The Balaban J connectivity index is 1.64. The number of aromatic nitrogens is 2. The van der Waals surface area contributed by atoms with Gasteiger partial charge in [0.2, 0.25) is 10.0 Å². The summed E-state index contributed by atoms with van der Waals surface area (Å²) >= 11 is 5.80. The lowest BCUT2D eigenvalue weighted by Crippen LogP contribution is -2.29. The fourth-order valence-electron chi connectivity index (χ4n) is 4.94. The van der Waals surface area contributed by atoms with E-state index < -0.39 is 10.0 Å². The number of hydrogen-bond acceptors (Lipinski definition) is 4. The lowest BCUT2D eigenvalue weighted by Gasteiger charge is -2.28. The summed E-state index contributed by atoms with van der Waals surface area (Å²) in [6.07, 6.45) is 2.85. The molecule has 0 amide bonds. The van der Waals surface area contributed by atoms with Gasteiger partial charge in [-0.2, -0.15) is 0 Å². The van der Waals surface area contributed by atoms with E-state index in [1.165, 1.54) is 6.07 Å². The van der Waals surface area contributed by atoms with E-state index in [2.05, 4.69) is 21.1 Å². The monoisotopic (exact) mass is 535 g/mol. The zero-order chi connectivity index (χ0) is 26.3. The van der Waals surface area contributed by atoms with Crippen LogP contribution in [0.5, 0.6) is 0 Å². The molecule has 7 nitrogen and oxygen atoms in total. The minimum Gasteiger partial charge on any atom is -0.351 e. The van der Waals surface area contributed by atoms with Crippen molar-refractivity contribution >= 4 is 38.7 Å². The first-order valence-electron chi connectivity index (χ1n) is 11.7. The average molecular weight is 536 g/mol. The summed E-state index contributed by atoms with van der Waals surface area (Å²) in [5.41, 5.74) is 5.30. The van der Waals surface area contributed by atoms with Gasteiger partial charge in [-0.3, -0.25) is 9.71 Å². The van der Waals surface area contributed by atoms with Gasteiger partial charge in [0.05, 0.1) is 29.7 Å². The second kappa shape index (κ2) is 9.60. The third kappa shape index (κ3) is 4.82. The Kier molecular flexibility index (Phi) is 6.47. The van der Waals surface area contributed by atoms with Crippen LogP contribution >= 0.6 is 12.2 Å². The number of halogens is 1. The van der Waals surface area contributed by atoms with Crippen LogP contribution in [0, 0.1) is 19.7 Å². The van der Waals surface area contributed by atoms with Gasteiger partial charge in [0.25, 0.3) is 0 Å². The first-order valence-corrected chi connectivity index (χ1v) is 14.0. The van der Waals surface area contributed by atoms with E-state index in [4.69, 9.17) is 12.2 Å². The van der Waals surface area contributed by atoms with Gasteiger partial charge < -0.3 is 14.8 Å². The molecule has 0 bridgehead atoms. The molecule has 0 spiro atoms. The summed E-state index contributed by atoms with van der Waals surface area (Å²) in [4.78, 5) is 6.60. The van der Waals surface area contributed by atoms with Gasteiger partial charge in [-0.15, -0.1) is 0 Å². The Labute approximate surface area is 221 Å². The Morgan fingerprint density at radius 3 is 2.38 bits per heavy atom. The van der Waals surface area contributed by atoms with Gasteiger partial charge in [-0.25, -0.2) is 12.8 Å². The number of hydrogen-bond donors (Lipinski definition) is 2. The molecule has 1 aliphatic rings. The van der Waals surface area contributed by atoms with Crippen LogP contribution < -0.4 is 14.9 Å². The third-order valence-corrected chi connectivity index (χ3v) is 7.35. The zero-order valence-corrected chi connectivity index (χ0v) is 22.1. The van der Waals surface area contributed by atoms with Crippen molar-refractivity contribution in [2.75, 3.05) is 15.9 Å². The highest BCUT2D eigenvalue weighted by molar-refractivity contribution is 7.92. The largest absolute Gasteiger partial charge is 0.351 e. The molecule has 37 heavy (non-hydrogen) atoms. The van der Waals surface area contributed by atoms with E-state index >= 15 is 0 Å². The van der Waals surface area contributed by atoms with Crippen molar-refractivity contribution in [2.24, 2.45) is 0 Å². The van der Waals surface area contributed by atoms with Crippen molar-refractivity contribution in [1.82, 2.24) is 14.9 Å². The van der Waals surface area contributed by atoms with Crippen LogP contribution in [-0.4, -0.2) is 29.3 Å². The van der Waals surface area contributed by atoms with E-state index in [-0.39, 0.29) is 17.9 Å². The highest BCUT2D eigenvalue weighted by Gasteiger charge is 2.42. The Bertz CT molecular complexity index is 1570. The SMILES string of the molecule is Cc1cc([C@@H]2[C@H](c3ccccn3)NC(=S)N2c2ccc(NS(C)(=O)=O)cc2)c(C)n1-c1ccccc1F. The molecular weight excluding hydrogens is 509 g/mol. The molecule has 10 heteroatoms. The molecule has 1 aliphatic heterocycles. The molecule has 0 saturated carbocycles. The molecule has 190 valence electrons. The van der Waals surface area contributed by atoms with Crippen molar-refractivity contribution < 1.29 is 12.8 Å². The summed E-state index contributed by atoms with van der Waals surface area (Å²) < 4.78 is 42.5. The normalized spacial score (nSPS) is 17.6. The van der Waals surface area contributed by atoms with Crippen LogP contribution in [0.3, 0.4) is 0 Å². The lowest BCUT2D eigenvalue weighted by molar-refractivity contribution is 0.564. The summed E-state index contributed by atoms with van der Waals surface area (Å²) in [7, 11) is -3.40. The Hall–Kier alpha value is -3.76.